The van der Waals surface area contributed by atoms with E-state index in [0.717, 1.165) is 29.1 Å². The van der Waals surface area contributed by atoms with E-state index in [4.69, 9.17) is 5.73 Å². The summed E-state index contributed by atoms with van der Waals surface area (Å²) in [6, 6.07) is 8.35. The summed E-state index contributed by atoms with van der Waals surface area (Å²) in [7, 11) is 0. The molecule has 0 aliphatic rings. The van der Waals surface area contributed by atoms with Crippen molar-refractivity contribution in [2.75, 3.05) is 5.73 Å². The fraction of sp³-hybridized carbons (Fsp3) is 0.263. The number of hydrogen-bond donors (Lipinski definition) is 1. The van der Waals surface area contributed by atoms with Gasteiger partial charge in [-0.1, -0.05) is 31.2 Å². The Morgan fingerprint density at radius 2 is 2.09 bits per heavy atom. The predicted molar refractivity (Wildman–Crippen MR) is 103 cm³/mol. The van der Waals surface area contributed by atoms with Crippen LogP contribution >= 0.6 is 11.3 Å². The van der Waals surface area contributed by atoms with Crippen LogP contribution in [-0.4, -0.2) is 10.7 Å². The third-order valence-electron chi connectivity index (χ3n) is 3.41. The first-order chi connectivity index (χ1) is 11.0. The predicted octanol–water partition coefficient (Wildman–Crippen LogP) is 5.57. The fourth-order valence-corrected chi connectivity index (χ4v) is 2.96. The molecule has 0 aliphatic heterocycles. The van der Waals surface area contributed by atoms with Crippen molar-refractivity contribution in [2.45, 2.75) is 34.1 Å². The Labute approximate surface area is 142 Å². The first-order valence-electron chi connectivity index (χ1n) is 7.71. The van der Waals surface area contributed by atoms with E-state index in [1.807, 2.05) is 25.3 Å². The number of anilines is 1. The quantitative estimate of drug-likeness (QED) is 0.731. The van der Waals surface area contributed by atoms with E-state index >= 15 is 0 Å². The number of nitrogens with zero attached hydrogens (tertiary/aromatic N) is 2. The highest BCUT2D eigenvalue weighted by atomic mass is 32.1. The topological polar surface area (TPSA) is 51.3 Å². The van der Waals surface area contributed by atoms with Gasteiger partial charge in [-0.05, 0) is 50.5 Å². The molecule has 0 aliphatic carbocycles. The van der Waals surface area contributed by atoms with Gasteiger partial charge in [-0.2, -0.15) is 0 Å². The summed E-state index contributed by atoms with van der Waals surface area (Å²) in [5, 5.41) is 2.58. The van der Waals surface area contributed by atoms with E-state index in [9.17, 15) is 0 Å². The Morgan fingerprint density at radius 3 is 2.74 bits per heavy atom. The Hall–Kier alpha value is -2.20. The van der Waals surface area contributed by atoms with Crippen molar-refractivity contribution in [3.8, 4) is 11.3 Å². The second-order valence-corrected chi connectivity index (χ2v) is 6.38. The van der Waals surface area contributed by atoms with Gasteiger partial charge in [0, 0.05) is 22.4 Å². The second kappa shape index (κ2) is 7.88. The molecule has 0 fully saturated rings. The third-order valence-corrected chi connectivity index (χ3v) is 4.09. The Balaban J connectivity index is 2.27. The van der Waals surface area contributed by atoms with Gasteiger partial charge in [0.25, 0.3) is 0 Å². The fourth-order valence-electron chi connectivity index (χ4n) is 2.39. The lowest BCUT2D eigenvalue weighted by Crippen LogP contribution is -1.90. The minimum absolute atomic E-state index is 0.596. The molecule has 1 heterocycles. The lowest BCUT2D eigenvalue weighted by molar-refractivity contribution is 1.15. The zero-order valence-corrected chi connectivity index (χ0v) is 14.9. The molecular formula is C19H23N3S. The first-order valence-corrected chi connectivity index (χ1v) is 8.59. The van der Waals surface area contributed by atoms with Crippen LogP contribution in [0.4, 0.5) is 5.13 Å². The second-order valence-electron chi connectivity index (χ2n) is 5.49. The van der Waals surface area contributed by atoms with Gasteiger partial charge in [0.2, 0.25) is 0 Å². The van der Waals surface area contributed by atoms with Crippen LogP contribution in [0.2, 0.25) is 0 Å². The number of aromatic nitrogens is 1. The van der Waals surface area contributed by atoms with Crippen LogP contribution < -0.4 is 5.73 Å². The van der Waals surface area contributed by atoms with E-state index < -0.39 is 0 Å². The Morgan fingerprint density at radius 1 is 1.30 bits per heavy atom. The van der Waals surface area contributed by atoms with Crippen LogP contribution in [0.1, 0.15) is 39.7 Å². The molecule has 0 bridgehead atoms. The molecule has 0 unspecified atom stereocenters. The van der Waals surface area contributed by atoms with Crippen LogP contribution in [0.5, 0.6) is 0 Å². The smallest absolute Gasteiger partial charge is 0.180 e. The zero-order chi connectivity index (χ0) is 16.8. The number of aliphatic imine (C=N–C) groups is 1. The zero-order valence-electron chi connectivity index (χ0n) is 14.1. The monoisotopic (exact) mass is 325 g/mol. The summed E-state index contributed by atoms with van der Waals surface area (Å²) >= 11 is 1.46. The molecule has 0 saturated heterocycles. The number of nitrogens with two attached hydrogens (primary N) is 1. The normalized spacial score (nSPS) is 13.5. The van der Waals surface area contributed by atoms with Gasteiger partial charge < -0.3 is 5.73 Å². The lowest BCUT2D eigenvalue weighted by Gasteiger charge is -2.05. The number of benzene rings is 1. The molecule has 0 radical (unpaired) electrons. The van der Waals surface area contributed by atoms with Crippen LogP contribution in [-0.2, 0) is 0 Å². The van der Waals surface area contributed by atoms with Gasteiger partial charge in [0.1, 0.15) is 0 Å². The Bertz CT molecular complexity index is 766. The van der Waals surface area contributed by atoms with Crippen LogP contribution in [0.3, 0.4) is 0 Å². The van der Waals surface area contributed by atoms with Crippen molar-refractivity contribution in [3.63, 3.8) is 0 Å². The number of allylic oxidation sites excluding steroid dienone is 4. The average Bonchev–Trinajstić information content (AvgIpc) is 2.94. The van der Waals surface area contributed by atoms with Crippen molar-refractivity contribution in [3.05, 3.63) is 53.1 Å². The van der Waals surface area contributed by atoms with Crippen molar-refractivity contribution in [2.24, 2.45) is 4.99 Å². The highest BCUT2D eigenvalue weighted by Crippen LogP contribution is 2.26. The van der Waals surface area contributed by atoms with E-state index in [-0.39, 0.29) is 0 Å². The maximum atomic E-state index is 5.73. The average molecular weight is 325 g/mol. The summed E-state index contributed by atoms with van der Waals surface area (Å²) in [4.78, 5) is 8.94. The summed E-state index contributed by atoms with van der Waals surface area (Å²) in [6.45, 7) is 8.28. The van der Waals surface area contributed by atoms with Gasteiger partial charge >= 0.3 is 0 Å². The van der Waals surface area contributed by atoms with E-state index in [1.165, 1.54) is 22.5 Å². The maximum absolute atomic E-state index is 5.73. The molecule has 0 atom stereocenters. The molecule has 4 heteroatoms. The third kappa shape index (κ3) is 4.89. The molecule has 2 N–H and O–H groups in total. The van der Waals surface area contributed by atoms with Gasteiger partial charge in [0.05, 0.1) is 5.69 Å². The molecule has 23 heavy (non-hydrogen) atoms. The largest absolute Gasteiger partial charge is 0.375 e. The highest BCUT2D eigenvalue weighted by molar-refractivity contribution is 7.13. The molecule has 120 valence electrons. The maximum Gasteiger partial charge on any atom is 0.180 e. The summed E-state index contributed by atoms with van der Waals surface area (Å²) in [5.41, 5.74) is 12.1. The number of thiazole rings is 1. The van der Waals surface area contributed by atoms with Gasteiger partial charge in [-0.3, -0.25) is 4.99 Å². The van der Waals surface area contributed by atoms with Crippen molar-refractivity contribution >= 4 is 27.8 Å². The molecule has 0 amide bonds. The number of hydrogen-bond acceptors (Lipinski definition) is 4. The molecule has 0 saturated carbocycles. The van der Waals surface area contributed by atoms with Crippen molar-refractivity contribution in [1.29, 1.82) is 0 Å². The van der Waals surface area contributed by atoms with Crippen molar-refractivity contribution < 1.29 is 0 Å². The Kier molecular flexibility index (Phi) is 5.88. The van der Waals surface area contributed by atoms with E-state index in [1.54, 1.807) is 0 Å². The molecule has 2 rings (SSSR count). The van der Waals surface area contributed by atoms with Crippen LogP contribution in [0.15, 0.2) is 52.5 Å². The van der Waals surface area contributed by atoms with E-state index in [2.05, 4.69) is 54.2 Å². The van der Waals surface area contributed by atoms with Gasteiger partial charge in [-0.25, -0.2) is 4.98 Å². The summed E-state index contributed by atoms with van der Waals surface area (Å²) < 4.78 is 0. The molecule has 3 nitrogen and oxygen atoms in total. The van der Waals surface area contributed by atoms with E-state index in [0.29, 0.717) is 5.13 Å². The lowest BCUT2D eigenvalue weighted by atomic mass is 10.0. The van der Waals surface area contributed by atoms with Gasteiger partial charge in [0.15, 0.2) is 5.13 Å². The minimum atomic E-state index is 0.596. The standard InChI is InChI=1S/C19H23N3S/c1-5-7-14(3)21-15(4)10-13(2)16-8-6-9-17(11-16)18-12-23-19(20)22-18/h6-12H,5H2,1-4H3,(H2,20,22)/b13-10+,14-7+,21-15+. The van der Waals surface area contributed by atoms with Gasteiger partial charge in [-0.15, -0.1) is 11.3 Å². The summed E-state index contributed by atoms with van der Waals surface area (Å²) in [5.74, 6) is 0. The molecule has 2 aromatic rings. The molecule has 1 aromatic carbocycles. The SMILES string of the molecule is CC/C=C(C)/N=C(C)/C=C(\C)c1cccc(-c2csc(N)n2)c1. The minimum Gasteiger partial charge on any atom is -0.375 e. The first kappa shape index (κ1) is 17.2. The number of nitrogen functional groups attached to an aromatic ring is 1. The van der Waals surface area contributed by atoms with Crippen LogP contribution in [0, 0.1) is 0 Å². The van der Waals surface area contributed by atoms with Crippen molar-refractivity contribution in [1.82, 2.24) is 4.98 Å². The van der Waals surface area contributed by atoms with Crippen LogP contribution in [0.25, 0.3) is 16.8 Å². The molecule has 0 spiro atoms. The molecule has 1 aromatic heterocycles. The number of rotatable bonds is 5. The molecular weight excluding hydrogens is 302 g/mol. The highest BCUT2D eigenvalue weighted by Gasteiger charge is 2.04. The summed E-state index contributed by atoms with van der Waals surface area (Å²) in [6.07, 6.45) is 5.24.